The second kappa shape index (κ2) is 6.79. The van der Waals surface area contributed by atoms with Gasteiger partial charge in [-0.25, -0.2) is 9.97 Å². The molecule has 0 unspecified atom stereocenters. The van der Waals surface area contributed by atoms with Gasteiger partial charge < -0.3 is 14.2 Å². The largest absolute Gasteiger partial charge is 0.381 e. The Kier molecular flexibility index (Phi) is 4.12. The van der Waals surface area contributed by atoms with Gasteiger partial charge in [0, 0.05) is 44.1 Å². The summed E-state index contributed by atoms with van der Waals surface area (Å²) in [5, 5.41) is 8.72. The molecule has 1 fully saturated rings. The molecule has 10 nitrogen and oxygen atoms in total. The minimum absolute atomic E-state index is 0.185. The maximum absolute atomic E-state index is 12.7. The van der Waals surface area contributed by atoms with Crippen LogP contribution in [0.2, 0.25) is 0 Å². The molecule has 0 bridgehead atoms. The molecule has 1 amide bonds. The molecule has 1 saturated heterocycles. The van der Waals surface area contributed by atoms with Crippen molar-refractivity contribution in [2.75, 3.05) is 13.2 Å². The maximum Gasteiger partial charge on any atom is 0.292 e. The van der Waals surface area contributed by atoms with E-state index in [1.54, 1.807) is 28.0 Å². The van der Waals surface area contributed by atoms with Crippen molar-refractivity contribution >= 4 is 5.91 Å². The van der Waals surface area contributed by atoms with E-state index in [-0.39, 0.29) is 17.6 Å². The van der Waals surface area contributed by atoms with Gasteiger partial charge >= 0.3 is 0 Å². The normalized spacial score (nSPS) is 17.1. The van der Waals surface area contributed by atoms with E-state index in [1.807, 2.05) is 7.05 Å². The van der Waals surface area contributed by atoms with Gasteiger partial charge in [-0.15, -0.1) is 0 Å². The van der Waals surface area contributed by atoms with Crippen LogP contribution in [0.4, 0.5) is 0 Å². The first-order chi connectivity index (χ1) is 13.7. The monoisotopic (exact) mass is 381 g/mol. The Morgan fingerprint density at radius 2 is 1.96 bits per heavy atom. The first-order valence-corrected chi connectivity index (χ1v) is 9.23. The summed E-state index contributed by atoms with van der Waals surface area (Å²) in [6, 6.07) is 1.68. The lowest BCUT2D eigenvalue weighted by Gasteiger charge is -2.18. The van der Waals surface area contributed by atoms with E-state index >= 15 is 0 Å². The fourth-order valence-electron chi connectivity index (χ4n) is 3.71. The molecule has 0 saturated carbocycles. The molecule has 5 rings (SSSR count). The Balaban J connectivity index is 1.41. The molecule has 0 atom stereocenters. The SMILES string of the molecule is Cn1nc(-c2nc(C3CCOCC3)no2)c2c1CN(C(=O)c1ncccn1)C2. The Hall–Kier alpha value is -3.14. The average Bonchev–Trinajstić information content (AvgIpc) is 3.46. The summed E-state index contributed by atoms with van der Waals surface area (Å²) >= 11 is 0. The van der Waals surface area contributed by atoms with E-state index in [1.165, 1.54) is 0 Å². The number of carbonyl (C=O) groups excluding carboxylic acids is 1. The lowest BCUT2D eigenvalue weighted by atomic mass is 10.00. The summed E-state index contributed by atoms with van der Waals surface area (Å²) in [6.45, 7) is 2.28. The highest BCUT2D eigenvalue weighted by Gasteiger charge is 2.34. The highest BCUT2D eigenvalue weighted by molar-refractivity contribution is 5.90. The lowest BCUT2D eigenvalue weighted by Crippen LogP contribution is -2.27. The first kappa shape index (κ1) is 17.0. The number of nitrogens with zero attached hydrogens (tertiary/aromatic N) is 7. The zero-order valence-corrected chi connectivity index (χ0v) is 15.4. The van der Waals surface area contributed by atoms with E-state index < -0.39 is 0 Å². The van der Waals surface area contributed by atoms with Gasteiger partial charge in [-0.2, -0.15) is 10.1 Å². The molecule has 28 heavy (non-hydrogen) atoms. The number of amides is 1. The van der Waals surface area contributed by atoms with E-state index in [4.69, 9.17) is 9.26 Å². The second-order valence-corrected chi connectivity index (χ2v) is 6.98. The minimum atomic E-state index is -0.212. The minimum Gasteiger partial charge on any atom is -0.381 e. The highest BCUT2D eigenvalue weighted by Crippen LogP contribution is 2.33. The lowest BCUT2D eigenvalue weighted by molar-refractivity contribution is 0.0736. The van der Waals surface area contributed by atoms with Gasteiger partial charge in [0.15, 0.2) is 11.5 Å². The van der Waals surface area contributed by atoms with Gasteiger partial charge in [-0.3, -0.25) is 9.48 Å². The van der Waals surface area contributed by atoms with Gasteiger partial charge in [-0.1, -0.05) is 5.16 Å². The van der Waals surface area contributed by atoms with Crippen molar-refractivity contribution in [3.05, 3.63) is 41.4 Å². The quantitative estimate of drug-likeness (QED) is 0.667. The van der Waals surface area contributed by atoms with Gasteiger partial charge in [0.05, 0.1) is 18.8 Å². The number of ether oxygens (including phenoxy) is 1. The molecule has 10 heteroatoms. The number of hydrogen-bond donors (Lipinski definition) is 0. The molecule has 0 radical (unpaired) electrons. The van der Waals surface area contributed by atoms with Crippen LogP contribution in [-0.2, 0) is 24.9 Å². The van der Waals surface area contributed by atoms with Crippen molar-refractivity contribution in [2.24, 2.45) is 7.05 Å². The van der Waals surface area contributed by atoms with Gasteiger partial charge in [0.25, 0.3) is 11.8 Å². The van der Waals surface area contributed by atoms with Crippen LogP contribution in [0.3, 0.4) is 0 Å². The zero-order chi connectivity index (χ0) is 19.1. The van der Waals surface area contributed by atoms with Gasteiger partial charge in [0.1, 0.15) is 0 Å². The molecular formula is C18H19N7O3. The highest BCUT2D eigenvalue weighted by atomic mass is 16.5. The molecule has 3 aromatic heterocycles. The summed E-state index contributed by atoms with van der Waals surface area (Å²) in [6.07, 6.45) is 4.90. The van der Waals surface area contributed by atoms with Crippen LogP contribution in [0.25, 0.3) is 11.6 Å². The summed E-state index contributed by atoms with van der Waals surface area (Å²) in [5.74, 6) is 1.31. The fourth-order valence-corrected chi connectivity index (χ4v) is 3.71. The standard InChI is InChI=1S/C18H19N7O3/c1-24-13-10-25(18(26)16-19-5-2-6-20-16)9-12(13)14(22-24)17-21-15(23-28-17)11-3-7-27-8-4-11/h2,5-6,11H,3-4,7-10H2,1H3. The summed E-state index contributed by atoms with van der Waals surface area (Å²) in [4.78, 5) is 27.1. The molecule has 2 aliphatic rings. The van der Waals surface area contributed by atoms with Crippen molar-refractivity contribution in [3.8, 4) is 11.6 Å². The van der Waals surface area contributed by atoms with Crippen molar-refractivity contribution in [2.45, 2.75) is 31.8 Å². The number of hydrogen-bond acceptors (Lipinski definition) is 8. The number of aromatic nitrogens is 6. The molecule has 0 aliphatic carbocycles. The third-order valence-corrected chi connectivity index (χ3v) is 5.24. The third kappa shape index (κ3) is 2.85. The third-order valence-electron chi connectivity index (χ3n) is 5.24. The van der Waals surface area contributed by atoms with E-state index in [2.05, 4.69) is 25.2 Å². The maximum atomic E-state index is 12.7. The van der Waals surface area contributed by atoms with Gasteiger partial charge in [0.2, 0.25) is 5.82 Å². The van der Waals surface area contributed by atoms with Crippen LogP contribution in [0.5, 0.6) is 0 Å². The molecule has 0 spiro atoms. The van der Waals surface area contributed by atoms with Crippen LogP contribution < -0.4 is 0 Å². The van der Waals surface area contributed by atoms with E-state index in [0.717, 1.165) is 24.1 Å². The Labute approximate surface area is 160 Å². The molecular weight excluding hydrogens is 362 g/mol. The average molecular weight is 381 g/mol. The van der Waals surface area contributed by atoms with Crippen LogP contribution in [0.1, 0.15) is 46.5 Å². The fraction of sp³-hybridized carbons (Fsp3) is 0.444. The first-order valence-electron chi connectivity index (χ1n) is 9.23. The predicted molar refractivity (Wildman–Crippen MR) is 94.9 cm³/mol. The summed E-state index contributed by atoms with van der Waals surface area (Å²) < 4.78 is 12.7. The zero-order valence-electron chi connectivity index (χ0n) is 15.4. The van der Waals surface area contributed by atoms with Crippen LogP contribution in [0.15, 0.2) is 23.0 Å². The van der Waals surface area contributed by atoms with Crippen molar-refractivity contribution < 1.29 is 14.1 Å². The number of fused-ring (bicyclic) bond motifs is 1. The Bertz CT molecular complexity index is 1010. The van der Waals surface area contributed by atoms with Crippen molar-refractivity contribution in [1.29, 1.82) is 0 Å². The molecule has 0 aromatic carbocycles. The van der Waals surface area contributed by atoms with Crippen molar-refractivity contribution in [1.82, 2.24) is 34.8 Å². The molecule has 0 N–H and O–H groups in total. The van der Waals surface area contributed by atoms with Gasteiger partial charge in [-0.05, 0) is 18.9 Å². The number of carbonyl (C=O) groups is 1. The number of aryl methyl sites for hydroxylation is 1. The van der Waals surface area contributed by atoms with Crippen molar-refractivity contribution in [3.63, 3.8) is 0 Å². The number of rotatable bonds is 3. The summed E-state index contributed by atoms with van der Waals surface area (Å²) in [7, 11) is 1.85. The second-order valence-electron chi connectivity index (χ2n) is 6.98. The Morgan fingerprint density at radius 3 is 2.75 bits per heavy atom. The van der Waals surface area contributed by atoms with E-state index in [0.29, 0.717) is 43.7 Å². The Morgan fingerprint density at radius 1 is 1.18 bits per heavy atom. The van der Waals surface area contributed by atoms with Crippen LogP contribution in [0, 0.1) is 0 Å². The van der Waals surface area contributed by atoms with Crippen LogP contribution in [-0.4, -0.2) is 53.9 Å². The molecule has 144 valence electrons. The predicted octanol–water partition coefficient (Wildman–Crippen LogP) is 1.31. The topological polar surface area (TPSA) is 112 Å². The molecule has 5 heterocycles. The molecule has 3 aromatic rings. The smallest absolute Gasteiger partial charge is 0.292 e. The van der Waals surface area contributed by atoms with E-state index in [9.17, 15) is 4.79 Å². The summed E-state index contributed by atoms with van der Waals surface area (Å²) in [5.41, 5.74) is 2.51. The molecule has 2 aliphatic heterocycles. The van der Waals surface area contributed by atoms with Crippen LogP contribution >= 0.6 is 0 Å².